The van der Waals surface area contributed by atoms with Crippen LogP contribution < -0.4 is 4.72 Å². The van der Waals surface area contributed by atoms with Crippen LogP contribution in [0.4, 0.5) is 5.82 Å². The fourth-order valence-electron chi connectivity index (χ4n) is 1.49. The highest BCUT2D eigenvalue weighted by atomic mass is 79.9. The van der Waals surface area contributed by atoms with Crippen LogP contribution in [0.3, 0.4) is 0 Å². The van der Waals surface area contributed by atoms with E-state index in [2.05, 4.69) is 41.6 Å². The van der Waals surface area contributed by atoms with Gasteiger partial charge in [-0.3, -0.25) is 4.72 Å². The van der Waals surface area contributed by atoms with E-state index < -0.39 is 10.0 Å². The fourth-order valence-corrected chi connectivity index (χ4v) is 4.23. The van der Waals surface area contributed by atoms with E-state index in [1.807, 2.05) is 0 Å². The summed E-state index contributed by atoms with van der Waals surface area (Å²) in [5.74, 6) is 0.301. The van der Waals surface area contributed by atoms with Crippen LogP contribution in [0.2, 0.25) is 0 Å². The minimum absolute atomic E-state index is 0.166. The normalized spacial score (nSPS) is 11.3. The van der Waals surface area contributed by atoms with E-state index in [-0.39, 0.29) is 4.90 Å². The Labute approximate surface area is 128 Å². The minimum Gasteiger partial charge on any atom is -0.263 e. The number of sulfonamides is 1. The average Bonchev–Trinajstić information content (AvgIpc) is 2.27. The number of rotatable bonds is 3. The molecule has 0 aliphatic rings. The summed E-state index contributed by atoms with van der Waals surface area (Å²) in [6.45, 7) is 1.80. The number of anilines is 1. The molecule has 0 saturated carbocycles. The molecule has 2 rings (SSSR count). The predicted octanol–water partition coefficient (Wildman–Crippen LogP) is 3.72. The summed E-state index contributed by atoms with van der Waals surface area (Å²) in [5, 5.41) is 0. The Bertz CT molecular complexity index is 717. The van der Waals surface area contributed by atoms with Crippen molar-refractivity contribution < 1.29 is 8.42 Å². The summed E-state index contributed by atoms with van der Waals surface area (Å²) in [5.41, 5.74) is 0.745. The summed E-state index contributed by atoms with van der Waals surface area (Å²) in [6.07, 6.45) is 0. The first-order chi connectivity index (χ1) is 8.88. The summed E-state index contributed by atoms with van der Waals surface area (Å²) in [6, 6.07) is 10.0. The van der Waals surface area contributed by atoms with E-state index >= 15 is 0 Å². The highest BCUT2D eigenvalue weighted by Gasteiger charge is 2.18. The van der Waals surface area contributed by atoms with Gasteiger partial charge in [-0.25, -0.2) is 13.4 Å². The van der Waals surface area contributed by atoms with Gasteiger partial charge in [0, 0.05) is 14.6 Å². The Morgan fingerprint density at radius 1 is 1.16 bits per heavy atom. The summed E-state index contributed by atoms with van der Waals surface area (Å²) < 4.78 is 28.2. The first kappa shape index (κ1) is 14.5. The van der Waals surface area contributed by atoms with Crippen LogP contribution in [-0.4, -0.2) is 13.4 Å². The van der Waals surface area contributed by atoms with E-state index in [0.717, 1.165) is 10.2 Å². The van der Waals surface area contributed by atoms with Crippen molar-refractivity contribution in [2.75, 3.05) is 4.72 Å². The topological polar surface area (TPSA) is 59.1 Å². The van der Waals surface area contributed by atoms with Gasteiger partial charge in [0.15, 0.2) is 0 Å². The molecule has 0 aliphatic carbocycles. The second-order valence-electron chi connectivity index (χ2n) is 3.84. The predicted molar refractivity (Wildman–Crippen MR) is 81.6 cm³/mol. The van der Waals surface area contributed by atoms with Gasteiger partial charge >= 0.3 is 0 Å². The monoisotopic (exact) mass is 404 g/mol. The maximum absolute atomic E-state index is 12.2. The van der Waals surface area contributed by atoms with E-state index in [1.165, 1.54) is 6.07 Å². The zero-order valence-corrected chi connectivity index (χ0v) is 13.9. The zero-order valence-electron chi connectivity index (χ0n) is 9.89. The first-order valence-electron chi connectivity index (χ1n) is 5.30. The van der Waals surface area contributed by atoms with Gasteiger partial charge in [-0.15, -0.1) is 0 Å². The maximum atomic E-state index is 12.2. The Kier molecular flexibility index (Phi) is 4.27. The van der Waals surface area contributed by atoms with Gasteiger partial charge < -0.3 is 0 Å². The van der Waals surface area contributed by atoms with Crippen LogP contribution in [0.15, 0.2) is 50.2 Å². The van der Waals surface area contributed by atoms with Crippen LogP contribution >= 0.6 is 31.9 Å². The second-order valence-corrected chi connectivity index (χ2v) is 7.27. The summed E-state index contributed by atoms with van der Waals surface area (Å²) in [7, 11) is -3.66. The third-order valence-corrected chi connectivity index (χ3v) is 5.14. The first-order valence-corrected chi connectivity index (χ1v) is 8.37. The van der Waals surface area contributed by atoms with Crippen molar-refractivity contribution in [1.82, 2.24) is 4.98 Å². The van der Waals surface area contributed by atoms with Gasteiger partial charge in [0.1, 0.15) is 10.7 Å². The van der Waals surface area contributed by atoms with Gasteiger partial charge in [0.2, 0.25) is 0 Å². The van der Waals surface area contributed by atoms with Crippen molar-refractivity contribution in [3.8, 4) is 0 Å². The molecular formula is C12H10Br2N2O2S. The number of pyridine rings is 1. The molecule has 100 valence electrons. The lowest BCUT2D eigenvalue weighted by atomic mass is 10.4. The SMILES string of the molecule is Cc1cccc(NS(=O)(=O)c2ccc(Br)cc2Br)n1. The highest BCUT2D eigenvalue weighted by molar-refractivity contribution is 9.11. The number of nitrogens with one attached hydrogen (secondary N) is 1. The second kappa shape index (κ2) is 5.60. The molecule has 0 spiro atoms. The Balaban J connectivity index is 2.38. The lowest BCUT2D eigenvalue weighted by molar-refractivity contribution is 0.600. The molecule has 1 heterocycles. The van der Waals surface area contributed by atoms with Gasteiger partial charge in [-0.2, -0.15) is 0 Å². The van der Waals surface area contributed by atoms with Crippen LogP contribution in [0, 0.1) is 6.92 Å². The largest absolute Gasteiger partial charge is 0.264 e. The van der Waals surface area contributed by atoms with Crippen LogP contribution in [-0.2, 0) is 10.0 Å². The van der Waals surface area contributed by atoms with Crippen molar-refractivity contribution in [1.29, 1.82) is 0 Å². The van der Waals surface area contributed by atoms with Crippen molar-refractivity contribution in [2.45, 2.75) is 11.8 Å². The van der Waals surface area contributed by atoms with Crippen molar-refractivity contribution in [2.24, 2.45) is 0 Å². The lowest BCUT2D eigenvalue weighted by Gasteiger charge is -2.09. The van der Waals surface area contributed by atoms with Crippen molar-refractivity contribution in [3.05, 3.63) is 51.0 Å². The van der Waals surface area contributed by atoms with E-state index in [4.69, 9.17) is 0 Å². The summed E-state index contributed by atoms with van der Waals surface area (Å²) >= 11 is 6.52. The number of aryl methyl sites for hydroxylation is 1. The standard InChI is InChI=1S/C12H10Br2N2O2S/c1-8-3-2-4-12(15-8)16-19(17,18)11-6-5-9(13)7-10(11)14/h2-7H,1H3,(H,15,16). The third kappa shape index (κ3) is 3.55. The average molecular weight is 406 g/mol. The molecule has 0 radical (unpaired) electrons. The quantitative estimate of drug-likeness (QED) is 0.846. The molecule has 2 aromatic rings. The number of hydrogen-bond donors (Lipinski definition) is 1. The van der Waals surface area contributed by atoms with E-state index in [9.17, 15) is 8.42 Å². The molecule has 0 atom stereocenters. The molecule has 0 fully saturated rings. The maximum Gasteiger partial charge on any atom is 0.264 e. The lowest BCUT2D eigenvalue weighted by Crippen LogP contribution is -2.14. The van der Waals surface area contributed by atoms with Gasteiger partial charge in [-0.05, 0) is 53.2 Å². The summed E-state index contributed by atoms with van der Waals surface area (Å²) in [4.78, 5) is 4.28. The van der Waals surface area contributed by atoms with Crippen LogP contribution in [0.25, 0.3) is 0 Å². The molecule has 0 bridgehead atoms. The third-order valence-electron chi connectivity index (χ3n) is 2.31. The highest BCUT2D eigenvalue weighted by Crippen LogP contribution is 2.26. The number of halogens is 2. The van der Waals surface area contributed by atoms with Gasteiger partial charge in [0.25, 0.3) is 10.0 Å². The number of hydrogen-bond acceptors (Lipinski definition) is 3. The molecule has 0 amide bonds. The molecule has 0 unspecified atom stereocenters. The molecule has 7 heteroatoms. The Morgan fingerprint density at radius 3 is 2.53 bits per heavy atom. The zero-order chi connectivity index (χ0) is 14.0. The number of nitrogens with zero attached hydrogens (tertiary/aromatic N) is 1. The molecule has 4 nitrogen and oxygen atoms in total. The van der Waals surface area contributed by atoms with Crippen LogP contribution in [0.1, 0.15) is 5.69 Å². The fraction of sp³-hybridized carbons (Fsp3) is 0.0833. The molecule has 19 heavy (non-hydrogen) atoms. The smallest absolute Gasteiger partial charge is 0.263 e. The molecule has 0 aliphatic heterocycles. The minimum atomic E-state index is -3.66. The van der Waals surface area contributed by atoms with Crippen molar-refractivity contribution >= 4 is 47.7 Å². The van der Waals surface area contributed by atoms with Crippen molar-refractivity contribution in [3.63, 3.8) is 0 Å². The van der Waals surface area contributed by atoms with Crippen LogP contribution in [0.5, 0.6) is 0 Å². The molecule has 0 saturated heterocycles. The van der Waals surface area contributed by atoms with E-state index in [0.29, 0.717) is 10.3 Å². The number of benzene rings is 1. The molecule has 1 aromatic carbocycles. The molecule has 1 N–H and O–H groups in total. The Morgan fingerprint density at radius 2 is 1.89 bits per heavy atom. The van der Waals surface area contributed by atoms with E-state index in [1.54, 1.807) is 37.3 Å². The van der Waals surface area contributed by atoms with Gasteiger partial charge in [-0.1, -0.05) is 22.0 Å². The molecular weight excluding hydrogens is 396 g/mol. The van der Waals surface area contributed by atoms with Gasteiger partial charge in [0.05, 0.1) is 0 Å². The molecule has 1 aromatic heterocycles. The number of aromatic nitrogens is 1. The Hall–Kier alpha value is -0.920.